The Balaban J connectivity index is 2.43. The zero-order chi connectivity index (χ0) is 14.3. The van der Waals surface area contributed by atoms with Crippen LogP contribution in [0.3, 0.4) is 0 Å². The van der Waals surface area contributed by atoms with Crippen molar-refractivity contribution in [3.8, 4) is 5.75 Å². The van der Waals surface area contributed by atoms with E-state index >= 15 is 0 Å². The van der Waals surface area contributed by atoms with E-state index < -0.39 is 5.97 Å². The summed E-state index contributed by atoms with van der Waals surface area (Å²) in [6.07, 6.45) is 0. The first-order valence-electron chi connectivity index (χ1n) is 5.41. The number of benzene rings is 1. The first-order chi connectivity index (χ1) is 9.02. The van der Waals surface area contributed by atoms with Crippen LogP contribution in [0.15, 0.2) is 18.2 Å². The van der Waals surface area contributed by atoms with E-state index in [0.717, 1.165) is 17.3 Å². The summed E-state index contributed by atoms with van der Waals surface area (Å²) in [6.45, 7) is 0.312. The predicted molar refractivity (Wildman–Crippen MR) is 74.8 cm³/mol. The van der Waals surface area contributed by atoms with Gasteiger partial charge in [0.05, 0.1) is 18.6 Å². The van der Waals surface area contributed by atoms with Gasteiger partial charge in [-0.25, -0.2) is 0 Å². The Labute approximate surface area is 120 Å². The molecule has 1 aromatic carbocycles. The zero-order valence-electron chi connectivity index (χ0n) is 10.3. The van der Waals surface area contributed by atoms with Gasteiger partial charge >= 0.3 is 5.97 Å². The van der Waals surface area contributed by atoms with Crippen molar-refractivity contribution in [2.45, 2.75) is 6.54 Å². The van der Waals surface area contributed by atoms with Crippen LogP contribution in [0.5, 0.6) is 5.75 Å². The molecule has 0 heterocycles. The fourth-order valence-corrected chi connectivity index (χ4v) is 2.07. The normalized spacial score (nSPS) is 10.0. The molecule has 0 aliphatic carbocycles. The van der Waals surface area contributed by atoms with Gasteiger partial charge in [0.1, 0.15) is 5.75 Å². The zero-order valence-corrected chi connectivity index (χ0v) is 11.9. The van der Waals surface area contributed by atoms with Crippen LogP contribution < -0.4 is 10.1 Å². The highest BCUT2D eigenvalue weighted by Gasteiger charge is 2.07. The van der Waals surface area contributed by atoms with Crippen LogP contribution in [0.1, 0.15) is 5.56 Å². The van der Waals surface area contributed by atoms with Crippen LogP contribution in [0.2, 0.25) is 5.02 Å². The Morgan fingerprint density at radius 2 is 2.16 bits per heavy atom. The van der Waals surface area contributed by atoms with Crippen molar-refractivity contribution in [3.63, 3.8) is 0 Å². The topological polar surface area (TPSA) is 75.6 Å². The Kier molecular flexibility index (Phi) is 6.52. The lowest BCUT2D eigenvalue weighted by Crippen LogP contribution is -2.25. The number of thioether (sulfide) groups is 1. The number of hydrogen-bond acceptors (Lipinski definition) is 4. The molecule has 0 aromatic heterocycles. The summed E-state index contributed by atoms with van der Waals surface area (Å²) >= 11 is 6.88. The molecule has 19 heavy (non-hydrogen) atoms. The number of carbonyl (C=O) groups excluding carboxylic acids is 1. The largest absolute Gasteiger partial charge is 0.496 e. The van der Waals surface area contributed by atoms with Crippen molar-refractivity contribution in [1.29, 1.82) is 0 Å². The lowest BCUT2D eigenvalue weighted by Gasteiger charge is -2.10. The lowest BCUT2D eigenvalue weighted by molar-refractivity contribution is -0.133. The van der Waals surface area contributed by atoms with Gasteiger partial charge in [0.2, 0.25) is 5.91 Å². The molecule has 0 bridgehead atoms. The van der Waals surface area contributed by atoms with Gasteiger partial charge in [-0.1, -0.05) is 17.7 Å². The number of halogens is 1. The molecule has 1 amide bonds. The van der Waals surface area contributed by atoms with E-state index in [1.54, 1.807) is 18.2 Å². The molecule has 0 saturated heterocycles. The molecule has 0 aliphatic rings. The summed E-state index contributed by atoms with van der Waals surface area (Å²) in [6, 6.07) is 5.15. The number of aliphatic carboxylic acids is 1. The summed E-state index contributed by atoms with van der Waals surface area (Å²) in [5, 5.41) is 11.7. The van der Waals surface area contributed by atoms with Crippen molar-refractivity contribution in [3.05, 3.63) is 28.8 Å². The highest BCUT2D eigenvalue weighted by atomic mass is 35.5. The molecular formula is C12H14ClNO4S. The molecule has 1 aromatic rings. The molecule has 0 spiro atoms. The Hall–Kier alpha value is -1.40. The molecule has 2 N–H and O–H groups in total. The second-order valence-electron chi connectivity index (χ2n) is 3.62. The molecule has 0 aliphatic heterocycles. The number of carboxylic acid groups (broad SMARTS) is 1. The van der Waals surface area contributed by atoms with Crippen LogP contribution in [-0.4, -0.2) is 35.6 Å². The minimum Gasteiger partial charge on any atom is -0.496 e. The molecule has 104 valence electrons. The first kappa shape index (κ1) is 15.7. The number of rotatable bonds is 7. The van der Waals surface area contributed by atoms with Crippen LogP contribution in [0.25, 0.3) is 0 Å². The Morgan fingerprint density at radius 1 is 1.42 bits per heavy atom. The number of amides is 1. The SMILES string of the molecule is COc1cc(Cl)ccc1CNC(=O)CSCC(=O)O. The van der Waals surface area contributed by atoms with Crippen molar-refractivity contribution in [2.75, 3.05) is 18.6 Å². The maximum absolute atomic E-state index is 11.5. The summed E-state index contributed by atoms with van der Waals surface area (Å²) < 4.78 is 5.15. The Morgan fingerprint density at radius 3 is 2.79 bits per heavy atom. The van der Waals surface area contributed by atoms with E-state index in [1.165, 1.54) is 7.11 Å². The third kappa shape index (κ3) is 5.85. The summed E-state index contributed by atoms with van der Waals surface area (Å²) in [7, 11) is 1.53. The van der Waals surface area contributed by atoms with E-state index in [9.17, 15) is 9.59 Å². The quantitative estimate of drug-likeness (QED) is 0.803. The third-order valence-electron chi connectivity index (χ3n) is 2.18. The lowest BCUT2D eigenvalue weighted by atomic mass is 10.2. The number of ether oxygens (including phenoxy) is 1. The highest BCUT2D eigenvalue weighted by molar-refractivity contribution is 8.00. The van der Waals surface area contributed by atoms with Crippen LogP contribution in [-0.2, 0) is 16.1 Å². The van der Waals surface area contributed by atoms with E-state index in [1.807, 2.05) is 0 Å². The molecule has 0 atom stereocenters. The standard InChI is InChI=1S/C12H14ClNO4S/c1-18-10-4-9(13)3-2-8(10)5-14-11(15)6-19-7-12(16)17/h2-4H,5-7H2,1H3,(H,14,15)(H,16,17). The fourth-order valence-electron chi connectivity index (χ4n) is 1.34. The van der Waals surface area contributed by atoms with Crippen molar-refractivity contribution >= 4 is 35.2 Å². The average Bonchev–Trinajstić information content (AvgIpc) is 2.36. The predicted octanol–water partition coefficient (Wildman–Crippen LogP) is 1.78. The van der Waals surface area contributed by atoms with Crippen LogP contribution >= 0.6 is 23.4 Å². The Bertz CT molecular complexity index is 467. The van der Waals surface area contributed by atoms with Gasteiger partial charge in [0, 0.05) is 17.1 Å². The van der Waals surface area contributed by atoms with Gasteiger partial charge in [0.15, 0.2) is 0 Å². The molecule has 0 saturated carbocycles. The number of nitrogens with one attached hydrogen (secondary N) is 1. The molecule has 5 nitrogen and oxygen atoms in total. The molecule has 0 radical (unpaired) electrons. The minimum absolute atomic E-state index is 0.0856. The van der Waals surface area contributed by atoms with Crippen molar-refractivity contribution in [1.82, 2.24) is 5.32 Å². The van der Waals surface area contributed by atoms with Crippen LogP contribution in [0, 0.1) is 0 Å². The smallest absolute Gasteiger partial charge is 0.313 e. The number of carbonyl (C=O) groups is 2. The fraction of sp³-hybridized carbons (Fsp3) is 0.333. The second-order valence-corrected chi connectivity index (χ2v) is 5.04. The third-order valence-corrected chi connectivity index (χ3v) is 3.34. The molecular weight excluding hydrogens is 290 g/mol. The molecule has 0 fully saturated rings. The van der Waals surface area contributed by atoms with Gasteiger partial charge in [-0.2, -0.15) is 0 Å². The van der Waals surface area contributed by atoms with E-state index in [2.05, 4.69) is 5.32 Å². The van der Waals surface area contributed by atoms with Crippen molar-refractivity contribution < 1.29 is 19.4 Å². The number of carboxylic acids is 1. The molecule has 1 rings (SSSR count). The summed E-state index contributed by atoms with van der Waals surface area (Å²) in [5.74, 6) is -0.522. The first-order valence-corrected chi connectivity index (χ1v) is 6.95. The minimum atomic E-state index is -0.933. The van der Waals surface area contributed by atoms with Crippen LogP contribution in [0.4, 0.5) is 0 Å². The molecule has 7 heteroatoms. The second kappa shape index (κ2) is 7.91. The van der Waals surface area contributed by atoms with Gasteiger partial charge < -0.3 is 15.2 Å². The number of hydrogen-bond donors (Lipinski definition) is 2. The maximum Gasteiger partial charge on any atom is 0.313 e. The van der Waals surface area contributed by atoms with Crippen molar-refractivity contribution in [2.24, 2.45) is 0 Å². The van der Waals surface area contributed by atoms with Gasteiger partial charge in [-0.05, 0) is 12.1 Å². The van der Waals surface area contributed by atoms with Gasteiger partial charge in [0.25, 0.3) is 0 Å². The van der Waals surface area contributed by atoms with Gasteiger partial charge in [-0.3, -0.25) is 9.59 Å². The van der Waals surface area contributed by atoms with Gasteiger partial charge in [-0.15, -0.1) is 11.8 Å². The highest BCUT2D eigenvalue weighted by Crippen LogP contribution is 2.22. The summed E-state index contributed by atoms with van der Waals surface area (Å²) in [5.41, 5.74) is 0.809. The maximum atomic E-state index is 11.5. The molecule has 0 unspecified atom stereocenters. The van der Waals surface area contributed by atoms with E-state index in [0.29, 0.717) is 17.3 Å². The van der Waals surface area contributed by atoms with E-state index in [-0.39, 0.29) is 17.4 Å². The number of methoxy groups -OCH3 is 1. The van der Waals surface area contributed by atoms with E-state index in [4.69, 9.17) is 21.4 Å². The average molecular weight is 304 g/mol. The monoisotopic (exact) mass is 303 g/mol. The summed E-state index contributed by atoms with van der Waals surface area (Å²) in [4.78, 5) is 21.8.